The Kier molecular flexibility index (Phi) is 6.81. The van der Waals surface area contributed by atoms with Crippen molar-refractivity contribution >= 4 is 10.9 Å². The van der Waals surface area contributed by atoms with Crippen LogP contribution in [0.2, 0.25) is 0 Å². The van der Waals surface area contributed by atoms with Gasteiger partial charge in [0.2, 0.25) is 0 Å². The topological polar surface area (TPSA) is 92.8 Å². The van der Waals surface area contributed by atoms with Gasteiger partial charge >= 0.3 is 0 Å². The first kappa shape index (κ1) is 23.5. The summed E-state index contributed by atoms with van der Waals surface area (Å²) in [6.07, 6.45) is 8.42. The maximum atomic E-state index is 13.2. The minimum Gasteiger partial charge on any atom is -0.468 e. The average molecular weight is 475 g/mol. The van der Waals surface area contributed by atoms with Crippen molar-refractivity contribution in [2.24, 2.45) is 0 Å². The van der Waals surface area contributed by atoms with Crippen molar-refractivity contribution in [1.82, 2.24) is 30.1 Å². The number of rotatable bonds is 8. The maximum Gasteiger partial charge on any atom is 0.252 e. The van der Waals surface area contributed by atoms with Gasteiger partial charge in [-0.2, -0.15) is 0 Å². The van der Waals surface area contributed by atoms with Gasteiger partial charge in [0.15, 0.2) is 5.82 Å². The molecule has 0 radical (unpaired) electrons. The van der Waals surface area contributed by atoms with E-state index in [2.05, 4.69) is 45.3 Å². The highest BCUT2D eigenvalue weighted by Crippen LogP contribution is 2.33. The van der Waals surface area contributed by atoms with Crippen molar-refractivity contribution in [3.05, 3.63) is 75.2 Å². The van der Waals surface area contributed by atoms with Gasteiger partial charge in [0, 0.05) is 23.0 Å². The van der Waals surface area contributed by atoms with Crippen molar-refractivity contribution in [2.75, 3.05) is 0 Å². The van der Waals surface area contributed by atoms with Crippen molar-refractivity contribution in [3.8, 4) is 0 Å². The third kappa shape index (κ3) is 4.93. The third-order valence-corrected chi connectivity index (χ3v) is 7.27. The lowest BCUT2D eigenvalue weighted by molar-refractivity contribution is 0.144. The Balaban J connectivity index is 1.52. The first-order valence-corrected chi connectivity index (χ1v) is 12.7. The van der Waals surface area contributed by atoms with Crippen LogP contribution in [-0.4, -0.2) is 30.1 Å². The van der Waals surface area contributed by atoms with E-state index in [1.165, 1.54) is 19.3 Å². The fourth-order valence-corrected chi connectivity index (χ4v) is 5.54. The lowest BCUT2D eigenvalue weighted by Gasteiger charge is -2.31. The second-order valence-corrected chi connectivity index (χ2v) is 9.85. The molecule has 5 rings (SSSR count). The normalized spacial score (nSPS) is 15.8. The van der Waals surface area contributed by atoms with E-state index in [9.17, 15) is 4.79 Å². The summed E-state index contributed by atoms with van der Waals surface area (Å²) >= 11 is 0. The summed E-state index contributed by atoms with van der Waals surface area (Å²) in [4.78, 5) is 18.5. The number of hydrogen-bond donors (Lipinski definition) is 1. The zero-order chi connectivity index (χ0) is 24.4. The molecule has 1 atom stereocenters. The molecular weight excluding hydrogens is 440 g/mol. The Labute approximate surface area is 205 Å². The molecule has 3 heterocycles. The van der Waals surface area contributed by atoms with E-state index in [1.807, 2.05) is 35.9 Å². The number of nitrogens with zero attached hydrogens (tertiary/aromatic N) is 5. The van der Waals surface area contributed by atoms with Crippen LogP contribution in [0.15, 0.2) is 45.8 Å². The first-order chi connectivity index (χ1) is 17.0. The number of aromatic nitrogens is 5. The van der Waals surface area contributed by atoms with Gasteiger partial charge in [0.25, 0.3) is 5.56 Å². The number of benzene rings is 1. The lowest BCUT2D eigenvalue weighted by atomic mass is 9.95. The number of nitrogens with one attached hydrogen (secondary N) is 1. The summed E-state index contributed by atoms with van der Waals surface area (Å²) < 4.78 is 7.75. The van der Waals surface area contributed by atoms with Crippen molar-refractivity contribution in [1.29, 1.82) is 0 Å². The minimum absolute atomic E-state index is 0.0498. The number of aromatic amines is 1. The summed E-state index contributed by atoms with van der Waals surface area (Å²) in [7, 11) is 0. The quantitative estimate of drug-likeness (QED) is 0.368. The molecule has 0 saturated heterocycles. The molecule has 1 aliphatic rings. The zero-order valence-electron chi connectivity index (χ0n) is 20.8. The largest absolute Gasteiger partial charge is 0.468 e. The van der Waals surface area contributed by atoms with Crippen molar-refractivity contribution in [3.63, 3.8) is 0 Å². The van der Waals surface area contributed by atoms with Crippen LogP contribution in [0.5, 0.6) is 0 Å². The smallest absolute Gasteiger partial charge is 0.252 e. The average Bonchev–Trinajstić information content (AvgIpc) is 3.53. The molecule has 3 aromatic heterocycles. The van der Waals surface area contributed by atoms with Gasteiger partial charge in [-0.25, -0.2) is 4.68 Å². The van der Waals surface area contributed by atoms with E-state index in [1.54, 1.807) is 6.26 Å². The molecule has 1 saturated carbocycles. The summed E-state index contributed by atoms with van der Waals surface area (Å²) in [5.41, 5.74) is 3.84. The van der Waals surface area contributed by atoms with E-state index < -0.39 is 0 Å². The summed E-state index contributed by atoms with van der Waals surface area (Å²) in [6.45, 7) is 7.32. The Morgan fingerprint density at radius 2 is 2.00 bits per heavy atom. The molecule has 4 aromatic rings. The Morgan fingerprint density at radius 3 is 2.74 bits per heavy atom. The number of tetrazole rings is 1. The van der Waals surface area contributed by atoms with E-state index in [0.29, 0.717) is 19.1 Å². The molecule has 0 spiro atoms. The molecule has 0 unspecified atom stereocenters. The zero-order valence-corrected chi connectivity index (χ0v) is 20.8. The van der Waals surface area contributed by atoms with Crippen molar-refractivity contribution in [2.45, 2.75) is 84.5 Å². The molecule has 8 heteroatoms. The van der Waals surface area contributed by atoms with Crippen molar-refractivity contribution < 1.29 is 4.42 Å². The minimum atomic E-state index is -0.0614. The van der Waals surface area contributed by atoms with Crippen LogP contribution in [0.4, 0.5) is 0 Å². The van der Waals surface area contributed by atoms with Gasteiger partial charge in [-0.05, 0) is 78.9 Å². The Bertz CT molecular complexity index is 1330. The molecule has 184 valence electrons. The predicted molar refractivity (Wildman–Crippen MR) is 135 cm³/mol. The van der Waals surface area contributed by atoms with Gasteiger partial charge in [-0.3, -0.25) is 9.69 Å². The van der Waals surface area contributed by atoms with E-state index in [4.69, 9.17) is 4.42 Å². The van der Waals surface area contributed by atoms with E-state index in [0.717, 1.165) is 58.4 Å². The summed E-state index contributed by atoms with van der Waals surface area (Å²) in [5, 5.41) is 14.1. The molecule has 0 bridgehead atoms. The fourth-order valence-electron chi connectivity index (χ4n) is 5.54. The molecule has 1 N–H and O–H groups in total. The van der Waals surface area contributed by atoms with Gasteiger partial charge in [0.1, 0.15) is 5.76 Å². The van der Waals surface area contributed by atoms with Crippen LogP contribution in [0.3, 0.4) is 0 Å². The number of pyridine rings is 1. The Hall–Kier alpha value is -3.26. The van der Waals surface area contributed by atoms with Crippen LogP contribution >= 0.6 is 0 Å². The molecular formula is C27H34N6O2. The summed E-state index contributed by atoms with van der Waals surface area (Å²) in [6, 6.07) is 10.4. The number of H-pyrrole nitrogens is 1. The van der Waals surface area contributed by atoms with Gasteiger partial charge in [0.05, 0.1) is 24.9 Å². The van der Waals surface area contributed by atoms with Crippen LogP contribution in [-0.2, 0) is 13.1 Å². The molecule has 8 nitrogen and oxygen atoms in total. The monoisotopic (exact) mass is 474 g/mol. The highest BCUT2D eigenvalue weighted by atomic mass is 16.3. The third-order valence-electron chi connectivity index (χ3n) is 7.27. The highest BCUT2D eigenvalue weighted by molar-refractivity contribution is 5.83. The van der Waals surface area contributed by atoms with E-state index in [-0.39, 0.29) is 11.6 Å². The standard InChI is InChI=1S/C27H34N6O2/c1-4-25(26-29-30-31-33(26)21-9-6-5-7-10-21)32(17-22-11-8-12-35-22)16-20-15-23-19(3)13-18(2)14-24(23)28-27(20)34/h8,11-15,21,25H,4-7,9-10,16-17H2,1-3H3,(H,28,34)/t25-/m0/s1. The van der Waals surface area contributed by atoms with Gasteiger partial charge < -0.3 is 9.40 Å². The predicted octanol–water partition coefficient (Wildman–Crippen LogP) is 5.38. The summed E-state index contributed by atoms with van der Waals surface area (Å²) in [5.74, 6) is 1.72. The molecule has 0 amide bonds. The van der Waals surface area contributed by atoms with Crippen LogP contribution in [0, 0.1) is 13.8 Å². The Morgan fingerprint density at radius 1 is 1.17 bits per heavy atom. The second-order valence-electron chi connectivity index (χ2n) is 9.85. The number of furan rings is 1. The molecule has 35 heavy (non-hydrogen) atoms. The van der Waals surface area contributed by atoms with E-state index >= 15 is 0 Å². The van der Waals surface area contributed by atoms with Crippen LogP contribution < -0.4 is 5.56 Å². The van der Waals surface area contributed by atoms with Crippen LogP contribution in [0.25, 0.3) is 10.9 Å². The number of hydrogen-bond acceptors (Lipinski definition) is 6. The molecule has 1 aromatic carbocycles. The van der Waals surface area contributed by atoms with Crippen LogP contribution in [0.1, 0.15) is 85.8 Å². The lowest BCUT2D eigenvalue weighted by Crippen LogP contribution is -2.33. The highest BCUT2D eigenvalue weighted by Gasteiger charge is 2.29. The number of aryl methyl sites for hydroxylation is 2. The SMILES string of the molecule is CC[C@@H](c1nnnn1C1CCCCC1)N(Cc1ccco1)Cc1cc2c(C)cc(C)cc2[nH]c1=O. The first-order valence-electron chi connectivity index (χ1n) is 12.7. The molecule has 0 aliphatic heterocycles. The number of fused-ring (bicyclic) bond motifs is 1. The van der Waals surface area contributed by atoms with Gasteiger partial charge in [-0.15, -0.1) is 5.10 Å². The fraction of sp³-hybridized carbons (Fsp3) is 0.481. The molecule has 1 fully saturated rings. The molecule has 1 aliphatic carbocycles. The maximum absolute atomic E-state index is 13.2. The van der Waals surface area contributed by atoms with Gasteiger partial charge in [-0.1, -0.05) is 32.3 Å². The second kappa shape index (κ2) is 10.2.